The van der Waals surface area contributed by atoms with E-state index in [1.165, 1.54) is 0 Å². The van der Waals surface area contributed by atoms with Crippen LogP contribution in [0.25, 0.3) is 0 Å². The molecule has 0 aliphatic carbocycles. The van der Waals surface area contributed by atoms with E-state index in [1.807, 2.05) is 19.0 Å². The van der Waals surface area contributed by atoms with Crippen molar-refractivity contribution < 1.29 is 4.79 Å². The summed E-state index contributed by atoms with van der Waals surface area (Å²) in [5, 5.41) is 0.481. The summed E-state index contributed by atoms with van der Waals surface area (Å²) >= 11 is 5.87. The van der Waals surface area contributed by atoms with E-state index in [0.717, 1.165) is 6.54 Å². The van der Waals surface area contributed by atoms with Gasteiger partial charge in [-0.1, -0.05) is 11.6 Å². The molecule has 0 fully saturated rings. The van der Waals surface area contributed by atoms with Gasteiger partial charge in [0.1, 0.15) is 0 Å². The van der Waals surface area contributed by atoms with Crippen LogP contribution in [0.5, 0.6) is 0 Å². The van der Waals surface area contributed by atoms with Crippen molar-refractivity contribution in [3.8, 4) is 0 Å². The zero-order valence-corrected chi connectivity index (χ0v) is 11.2. The minimum atomic E-state index is -0.0685. The molecule has 1 amide bonds. The highest BCUT2D eigenvalue weighted by atomic mass is 35.5. The molecular weight excluding hydrogens is 238 g/mol. The van der Waals surface area contributed by atoms with Crippen LogP contribution < -0.4 is 5.73 Å². The fourth-order valence-electron chi connectivity index (χ4n) is 1.41. The predicted molar refractivity (Wildman–Crippen MR) is 71.4 cm³/mol. The molecule has 0 saturated carbocycles. The Labute approximate surface area is 107 Å². The van der Waals surface area contributed by atoms with Gasteiger partial charge in [-0.15, -0.1) is 0 Å². The maximum atomic E-state index is 12.1. The summed E-state index contributed by atoms with van der Waals surface area (Å²) in [5.41, 5.74) is 6.68. The number of nitrogen functional groups attached to an aromatic ring is 1. The lowest BCUT2D eigenvalue weighted by molar-refractivity contribution is 0.0786. The average molecular weight is 256 g/mol. The number of likely N-dealkylation sites (N-methyl/N-ethyl adjacent to an activating group) is 2. The Balaban J connectivity index is 2.74. The van der Waals surface area contributed by atoms with Crippen LogP contribution in [-0.4, -0.2) is 49.9 Å². The Morgan fingerprint density at radius 2 is 1.88 bits per heavy atom. The fraction of sp³-hybridized carbons (Fsp3) is 0.417. The molecule has 4 nitrogen and oxygen atoms in total. The highest BCUT2D eigenvalue weighted by Gasteiger charge is 2.12. The zero-order valence-electron chi connectivity index (χ0n) is 10.4. The standard InChI is InChI=1S/C12H18ClN3O/c1-15(2)4-5-16(3)12(17)9-6-10(13)8-11(14)7-9/h6-8H,4-5,14H2,1-3H3. The Morgan fingerprint density at radius 1 is 1.24 bits per heavy atom. The lowest BCUT2D eigenvalue weighted by Crippen LogP contribution is -2.33. The third-order valence-electron chi connectivity index (χ3n) is 2.40. The lowest BCUT2D eigenvalue weighted by Gasteiger charge is -2.20. The van der Waals surface area contributed by atoms with Crippen LogP contribution in [0.2, 0.25) is 5.02 Å². The molecule has 0 bridgehead atoms. The van der Waals surface area contributed by atoms with Crippen molar-refractivity contribution in [1.82, 2.24) is 9.80 Å². The molecular formula is C12H18ClN3O. The average Bonchev–Trinajstić information content (AvgIpc) is 2.23. The van der Waals surface area contributed by atoms with Gasteiger partial charge in [0.05, 0.1) is 0 Å². The van der Waals surface area contributed by atoms with E-state index in [4.69, 9.17) is 17.3 Å². The van der Waals surface area contributed by atoms with Gasteiger partial charge in [0.2, 0.25) is 0 Å². The zero-order chi connectivity index (χ0) is 13.0. The van der Waals surface area contributed by atoms with Gasteiger partial charge in [0, 0.05) is 36.4 Å². The molecule has 1 aromatic carbocycles. The number of hydrogen-bond donors (Lipinski definition) is 1. The van der Waals surface area contributed by atoms with E-state index in [9.17, 15) is 4.79 Å². The van der Waals surface area contributed by atoms with Gasteiger partial charge in [0.25, 0.3) is 5.91 Å². The van der Waals surface area contributed by atoms with Gasteiger partial charge in [-0.05, 0) is 32.3 Å². The summed E-state index contributed by atoms with van der Waals surface area (Å²) in [4.78, 5) is 15.7. The van der Waals surface area contributed by atoms with Gasteiger partial charge in [-0.3, -0.25) is 4.79 Å². The van der Waals surface area contributed by atoms with Gasteiger partial charge < -0.3 is 15.5 Å². The summed E-state index contributed by atoms with van der Waals surface area (Å²) in [6.45, 7) is 1.48. The first kappa shape index (κ1) is 13.8. The first-order chi connectivity index (χ1) is 7.90. The molecule has 0 spiro atoms. The van der Waals surface area contributed by atoms with Crippen molar-refractivity contribution in [2.75, 3.05) is 40.0 Å². The molecule has 2 N–H and O–H groups in total. The summed E-state index contributed by atoms with van der Waals surface area (Å²) in [6.07, 6.45) is 0. The molecule has 5 heteroatoms. The number of carbonyl (C=O) groups is 1. The number of benzene rings is 1. The molecule has 0 aliphatic heterocycles. The van der Waals surface area contributed by atoms with Crippen LogP contribution >= 0.6 is 11.6 Å². The quantitative estimate of drug-likeness (QED) is 0.831. The lowest BCUT2D eigenvalue weighted by atomic mass is 10.2. The van der Waals surface area contributed by atoms with Crippen molar-refractivity contribution in [3.05, 3.63) is 28.8 Å². The SMILES string of the molecule is CN(C)CCN(C)C(=O)c1cc(N)cc(Cl)c1. The number of halogens is 1. The number of rotatable bonds is 4. The van der Waals surface area contributed by atoms with Crippen molar-refractivity contribution in [2.45, 2.75) is 0 Å². The molecule has 1 aromatic rings. The number of hydrogen-bond acceptors (Lipinski definition) is 3. The second-order valence-electron chi connectivity index (χ2n) is 4.30. The molecule has 0 radical (unpaired) electrons. The van der Waals surface area contributed by atoms with Crippen LogP contribution in [0.15, 0.2) is 18.2 Å². The molecule has 0 unspecified atom stereocenters. The van der Waals surface area contributed by atoms with Crippen molar-refractivity contribution in [1.29, 1.82) is 0 Å². The molecule has 0 saturated heterocycles. The molecule has 17 heavy (non-hydrogen) atoms. The number of nitrogens with two attached hydrogens (primary N) is 1. The predicted octanol–water partition coefficient (Wildman–Crippen LogP) is 1.56. The molecule has 0 heterocycles. The van der Waals surface area contributed by atoms with E-state index in [2.05, 4.69) is 0 Å². The first-order valence-corrected chi connectivity index (χ1v) is 5.74. The van der Waals surface area contributed by atoms with Gasteiger partial charge >= 0.3 is 0 Å². The van der Waals surface area contributed by atoms with Crippen LogP contribution in [-0.2, 0) is 0 Å². The highest BCUT2D eigenvalue weighted by molar-refractivity contribution is 6.31. The number of nitrogens with zero attached hydrogens (tertiary/aromatic N) is 2. The van der Waals surface area contributed by atoms with Gasteiger partial charge in [0.15, 0.2) is 0 Å². The molecule has 94 valence electrons. The van der Waals surface area contributed by atoms with Crippen molar-refractivity contribution >= 4 is 23.2 Å². The second-order valence-corrected chi connectivity index (χ2v) is 4.74. The summed E-state index contributed by atoms with van der Waals surface area (Å²) < 4.78 is 0. The van der Waals surface area contributed by atoms with Crippen LogP contribution in [0.3, 0.4) is 0 Å². The fourth-order valence-corrected chi connectivity index (χ4v) is 1.65. The minimum Gasteiger partial charge on any atom is -0.399 e. The summed E-state index contributed by atoms with van der Waals surface area (Å²) in [6, 6.07) is 4.89. The second kappa shape index (κ2) is 5.89. The van der Waals surface area contributed by atoms with Crippen LogP contribution in [0.1, 0.15) is 10.4 Å². The largest absolute Gasteiger partial charge is 0.399 e. The Bertz CT molecular complexity index is 386. The number of amides is 1. The normalized spacial score (nSPS) is 10.6. The maximum Gasteiger partial charge on any atom is 0.253 e. The number of carbonyl (C=O) groups excluding carboxylic acids is 1. The van der Waals surface area contributed by atoms with E-state index in [0.29, 0.717) is 22.8 Å². The highest BCUT2D eigenvalue weighted by Crippen LogP contribution is 2.17. The smallest absolute Gasteiger partial charge is 0.253 e. The monoisotopic (exact) mass is 255 g/mol. The Hall–Kier alpha value is -1.26. The Morgan fingerprint density at radius 3 is 2.41 bits per heavy atom. The van der Waals surface area contributed by atoms with Crippen molar-refractivity contribution in [3.63, 3.8) is 0 Å². The van der Waals surface area contributed by atoms with Gasteiger partial charge in [-0.2, -0.15) is 0 Å². The maximum absolute atomic E-state index is 12.1. The molecule has 1 rings (SSSR count). The third-order valence-corrected chi connectivity index (χ3v) is 2.61. The van der Waals surface area contributed by atoms with E-state index >= 15 is 0 Å². The number of anilines is 1. The van der Waals surface area contributed by atoms with E-state index in [-0.39, 0.29) is 5.91 Å². The Kier molecular flexibility index (Phi) is 4.78. The minimum absolute atomic E-state index is 0.0685. The van der Waals surface area contributed by atoms with Crippen LogP contribution in [0, 0.1) is 0 Å². The summed E-state index contributed by atoms with van der Waals surface area (Å²) in [5.74, 6) is -0.0685. The third kappa shape index (κ3) is 4.24. The van der Waals surface area contributed by atoms with E-state index < -0.39 is 0 Å². The molecule has 0 aromatic heterocycles. The van der Waals surface area contributed by atoms with Crippen molar-refractivity contribution in [2.24, 2.45) is 0 Å². The summed E-state index contributed by atoms with van der Waals surface area (Å²) in [7, 11) is 5.70. The first-order valence-electron chi connectivity index (χ1n) is 5.36. The van der Waals surface area contributed by atoms with Crippen LogP contribution in [0.4, 0.5) is 5.69 Å². The molecule has 0 atom stereocenters. The topological polar surface area (TPSA) is 49.6 Å². The van der Waals surface area contributed by atoms with E-state index in [1.54, 1.807) is 30.1 Å². The van der Waals surface area contributed by atoms with Gasteiger partial charge in [-0.25, -0.2) is 0 Å². The molecule has 0 aliphatic rings.